The van der Waals surface area contributed by atoms with Crippen LogP contribution in [0.1, 0.15) is 49.9 Å². The first-order valence-corrected chi connectivity index (χ1v) is 10.2. The first-order chi connectivity index (χ1) is 13.1. The number of ketones is 1. The molecule has 1 aliphatic carbocycles. The highest BCUT2D eigenvalue weighted by Gasteiger charge is 2.29. The smallest absolute Gasteiger partial charge is 0.155 e. The number of nitrogens with one attached hydrogen (secondary N) is 1. The number of likely N-dealkylation sites (N-methyl/N-ethyl adjacent to an activating group) is 1. The molecule has 0 fully saturated rings. The number of H-pyrrole nitrogens is 1. The number of para-hydroxylation sites is 1. The van der Waals surface area contributed by atoms with Gasteiger partial charge in [-0.3, -0.25) is 9.69 Å². The van der Waals surface area contributed by atoms with Crippen LogP contribution in [0.4, 0.5) is 0 Å². The fourth-order valence-corrected chi connectivity index (χ4v) is 4.50. The van der Waals surface area contributed by atoms with Gasteiger partial charge < -0.3 is 9.72 Å². The molecule has 4 heteroatoms. The summed E-state index contributed by atoms with van der Waals surface area (Å²) in [5.41, 5.74) is 3.94. The average molecular weight is 367 g/mol. The number of aromatic nitrogens is 1. The summed E-state index contributed by atoms with van der Waals surface area (Å²) in [5.74, 6) is 0.699. The Balaban J connectivity index is 1.50. The number of aromatic amines is 1. The summed E-state index contributed by atoms with van der Waals surface area (Å²) in [7, 11) is 2.17. The van der Waals surface area contributed by atoms with Gasteiger partial charge in [0.1, 0.15) is 0 Å². The number of nitrogens with zero attached hydrogens (tertiary/aromatic N) is 1. The van der Waals surface area contributed by atoms with Crippen LogP contribution in [0.15, 0.2) is 36.4 Å². The fraction of sp³-hybridized carbons (Fsp3) is 0.522. The van der Waals surface area contributed by atoms with Crippen LogP contribution in [0.2, 0.25) is 0 Å². The Bertz CT molecular complexity index is 838. The summed E-state index contributed by atoms with van der Waals surface area (Å²) in [5, 5.41) is 1.34. The molecule has 144 valence electrons. The molecule has 2 aromatic rings. The fourth-order valence-electron chi connectivity index (χ4n) is 4.50. The second-order valence-electron chi connectivity index (χ2n) is 8.25. The normalized spacial score (nSPS) is 28.4. The van der Waals surface area contributed by atoms with Crippen molar-refractivity contribution in [3.63, 3.8) is 0 Å². The molecule has 4 rings (SSSR count). The Morgan fingerprint density at radius 1 is 1.26 bits per heavy atom. The summed E-state index contributed by atoms with van der Waals surface area (Å²) in [6.45, 7) is 3.86. The first-order valence-electron chi connectivity index (χ1n) is 10.2. The predicted octanol–water partition coefficient (Wildman–Crippen LogP) is 4.42. The summed E-state index contributed by atoms with van der Waals surface area (Å²) in [6.07, 6.45) is 8.69. The number of hydrogen-bond acceptors (Lipinski definition) is 3. The maximum atomic E-state index is 12.0. The van der Waals surface area contributed by atoms with Crippen molar-refractivity contribution in [1.29, 1.82) is 0 Å². The first kappa shape index (κ1) is 18.5. The molecule has 1 N–H and O–H groups in total. The standard InChI is InChI=1S/C23H30N2O2/c1-16-6-5-7-18(11-10-17(26)14-16)27-15-22-23-20(12-13-25(22)2)19-8-3-4-9-21(19)24-23/h3-4,8-11,16,18,22,24H,5-7,12-15H2,1-2H3/b11-10-/t16-,18-,22?/m0/s1. The second-order valence-corrected chi connectivity index (χ2v) is 8.25. The van der Waals surface area contributed by atoms with Crippen LogP contribution in [-0.4, -0.2) is 42.0 Å². The molecular formula is C23H30N2O2. The molecule has 0 spiro atoms. The molecule has 1 aliphatic heterocycles. The molecule has 1 aromatic heterocycles. The van der Waals surface area contributed by atoms with E-state index in [1.54, 1.807) is 6.08 Å². The third-order valence-corrected chi connectivity index (χ3v) is 6.13. The molecule has 3 atom stereocenters. The average Bonchev–Trinajstić information content (AvgIpc) is 3.05. The molecular weight excluding hydrogens is 336 g/mol. The van der Waals surface area contributed by atoms with Crippen LogP contribution in [0.25, 0.3) is 10.9 Å². The Kier molecular flexibility index (Phi) is 5.46. The molecule has 0 amide bonds. The lowest BCUT2D eigenvalue weighted by Gasteiger charge is -2.33. The van der Waals surface area contributed by atoms with Crippen LogP contribution in [0.3, 0.4) is 0 Å². The molecule has 0 radical (unpaired) electrons. The zero-order chi connectivity index (χ0) is 18.8. The van der Waals surface area contributed by atoms with Crippen molar-refractivity contribution in [2.75, 3.05) is 20.2 Å². The number of benzene rings is 1. The van der Waals surface area contributed by atoms with E-state index in [4.69, 9.17) is 4.74 Å². The van der Waals surface area contributed by atoms with Crippen molar-refractivity contribution in [2.45, 2.75) is 51.2 Å². The lowest BCUT2D eigenvalue weighted by atomic mass is 9.98. The van der Waals surface area contributed by atoms with Crippen LogP contribution in [-0.2, 0) is 16.0 Å². The van der Waals surface area contributed by atoms with Gasteiger partial charge in [-0.2, -0.15) is 0 Å². The van der Waals surface area contributed by atoms with Gasteiger partial charge in [0.25, 0.3) is 0 Å². The third-order valence-electron chi connectivity index (χ3n) is 6.13. The molecule has 4 nitrogen and oxygen atoms in total. The quantitative estimate of drug-likeness (QED) is 0.875. The van der Waals surface area contributed by atoms with E-state index in [9.17, 15) is 4.79 Å². The van der Waals surface area contributed by atoms with Gasteiger partial charge in [0.15, 0.2) is 5.78 Å². The summed E-state index contributed by atoms with van der Waals surface area (Å²) >= 11 is 0. The Labute approximate surface area is 161 Å². The minimum atomic E-state index is 0.0300. The van der Waals surface area contributed by atoms with Gasteiger partial charge in [0, 0.05) is 29.6 Å². The molecule has 0 bridgehead atoms. The van der Waals surface area contributed by atoms with E-state index in [0.717, 1.165) is 32.2 Å². The van der Waals surface area contributed by atoms with E-state index in [1.807, 2.05) is 6.08 Å². The number of rotatable bonds is 3. The largest absolute Gasteiger partial charge is 0.372 e. The highest BCUT2D eigenvalue weighted by molar-refractivity contribution is 5.89. The molecule has 1 aromatic carbocycles. The molecule has 27 heavy (non-hydrogen) atoms. The van der Waals surface area contributed by atoms with Crippen molar-refractivity contribution in [3.05, 3.63) is 47.7 Å². The summed E-state index contributed by atoms with van der Waals surface area (Å²) < 4.78 is 6.32. The molecule has 0 saturated heterocycles. The number of fused-ring (bicyclic) bond motifs is 3. The predicted molar refractivity (Wildman–Crippen MR) is 109 cm³/mol. The number of carbonyl (C=O) groups excluding carboxylic acids is 1. The van der Waals surface area contributed by atoms with E-state index in [-0.39, 0.29) is 17.9 Å². The summed E-state index contributed by atoms with van der Waals surface area (Å²) in [6, 6.07) is 8.79. The number of allylic oxidation sites excluding steroid dienone is 1. The van der Waals surface area contributed by atoms with Gasteiger partial charge in [-0.05, 0) is 43.5 Å². The van der Waals surface area contributed by atoms with E-state index < -0.39 is 0 Å². The Hall–Kier alpha value is -1.91. The van der Waals surface area contributed by atoms with Crippen LogP contribution >= 0.6 is 0 Å². The Morgan fingerprint density at radius 3 is 3.00 bits per heavy atom. The third kappa shape index (κ3) is 4.02. The van der Waals surface area contributed by atoms with Gasteiger partial charge in [-0.1, -0.05) is 44.0 Å². The zero-order valence-electron chi connectivity index (χ0n) is 16.4. The zero-order valence-corrected chi connectivity index (χ0v) is 16.4. The Morgan fingerprint density at radius 2 is 2.11 bits per heavy atom. The molecule has 2 aliphatic rings. The number of hydrogen-bond donors (Lipinski definition) is 1. The maximum absolute atomic E-state index is 12.0. The van der Waals surface area contributed by atoms with Crippen LogP contribution < -0.4 is 0 Å². The van der Waals surface area contributed by atoms with Gasteiger partial charge >= 0.3 is 0 Å². The monoisotopic (exact) mass is 366 g/mol. The van der Waals surface area contributed by atoms with Crippen LogP contribution in [0, 0.1) is 5.92 Å². The van der Waals surface area contributed by atoms with E-state index in [1.165, 1.54) is 22.2 Å². The minimum absolute atomic E-state index is 0.0300. The van der Waals surface area contributed by atoms with Crippen molar-refractivity contribution in [2.24, 2.45) is 5.92 Å². The summed E-state index contributed by atoms with van der Waals surface area (Å²) in [4.78, 5) is 18.0. The van der Waals surface area contributed by atoms with E-state index >= 15 is 0 Å². The van der Waals surface area contributed by atoms with E-state index in [2.05, 4.69) is 48.1 Å². The molecule has 1 unspecified atom stereocenters. The second kappa shape index (κ2) is 7.99. The van der Waals surface area contributed by atoms with Crippen LogP contribution in [0.5, 0.6) is 0 Å². The topological polar surface area (TPSA) is 45.3 Å². The molecule has 0 saturated carbocycles. The van der Waals surface area contributed by atoms with Crippen molar-refractivity contribution >= 4 is 16.7 Å². The van der Waals surface area contributed by atoms with Gasteiger partial charge in [-0.15, -0.1) is 0 Å². The van der Waals surface area contributed by atoms with E-state index in [0.29, 0.717) is 18.9 Å². The molecule has 2 heterocycles. The lowest BCUT2D eigenvalue weighted by Crippen LogP contribution is -2.35. The number of carbonyl (C=O) groups is 1. The minimum Gasteiger partial charge on any atom is -0.372 e. The highest BCUT2D eigenvalue weighted by Crippen LogP contribution is 2.34. The van der Waals surface area contributed by atoms with Gasteiger partial charge in [0.2, 0.25) is 0 Å². The van der Waals surface area contributed by atoms with Crippen molar-refractivity contribution < 1.29 is 9.53 Å². The van der Waals surface area contributed by atoms with Crippen molar-refractivity contribution in [3.8, 4) is 0 Å². The maximum Gasteiger partial charge on any atom is 0.155 e. The van der Waals surface area contributed by atoms with Crippen molar-refractivity contribution in [1.82, 2.24) is 9.88 Å². The van der Waals surface area contributed by atoms with Gasteiger partial charge in [0.05, 0.1) is 18.8 Å². The number of ether oxygens (including phenoxy) is 1. The van der Waals surface area contributed by atoms with Gasteiger partial charge in [-0.25, -0.2) is 0 Å². The lowest BCUT2D eigenvalue weighted by molar-refractivity contribution is -0.115. The highest BCUT2D eigenvalue weighted by atomic mass is 16.5. The SMILES string of the molecule is C[C@H]1CCC[C@H](OCC2c3[nH]c4ccccc4c3CCN2C)/C=C\C(=O)C1.